The van der Waals surface area contributed by atoms with Crippen LogP contribution in [0, 0.1) is 0 Å². The third kappa shape index (κ3) is 3.14. The van der Waals surface area contributed by atoms with E-state index in [1.165, 1.54) is 0 Å². The molecule has 110 valence electrons. The summed E-state index contributed by atoms with van der Waals surface area (Å²) in [4.78, 5) is 0. The zero-order valence-electron chi connectivity index (χ0n) is 8.22. The molecule has 2 atom stereocenters. The topological polar surface area (TPSA) is 20.2 Å². The Morgan fingerprint density at radius 1 is 0.833 bits per heavy atom. The van der Waals surface area contributed by atoms with Crippen molar-refractivity contribution in [3.63, 3.8) is 0 Å². The average molecular weight is 404 g/mol. The van der Waals surface area contributed by atoms with Crippen molar-refractivity contribution in [2.75, 3.05) is 6.61 Å². The normalized spacial score (nSPS) is 19.5. The van der Waals surface area contributed by atoms with Crippen LogP contribution in [0.3, 0.4) is 0 Å². The number of hydrogen-bond acceptors (Lipinski definition) is 1. The van der Waals surface area contributed by atoms with Crippen LogP contribution in [0.25, 0.3) is 0 Å². The van der Waals surface area contributed by atoms with E-state index in [2.05, 4.69) is 0 Å². The molecule has 0 spiro atoms. The number of aliphatic hydroxyl groups is 1. The Morgan fingerprint density at radius 3 is 1.44 bits per heavy atom. The van der Waals surface area contributed by atoms with E-state index in [0.717, 1.165) is 22.6 Å². The SMILES string of the molecule is OCC(I)CC(F)(C(F)(F)F)C(F)(F)C(F)(F)F. The second kappa shape index (κ2) is 5.21. The Labute approximate surface area is 108 Å². The van der Waals surface area contributed by atoms with Gasteiger partial charge in [0.1, 0.15) is 0 Å². The lowest BCUT2D eigenvalue weighted by Gasteiger charge is -2.36. The van der Waals surface area contributed by atoms with Crippen LogP contribution < -0.4 is 0 Å². The lowest BCUT2D eigenvalue weighted by atomic mass is 9.91. The molecular formula is C7H6F9IO. The summed E-state index contributed by atoms with van der Waals surface area (Å²) in [5.41, 5.74) is -5.78. The Morgan fingerprint density at radius 2 is 1.22 bits per heavy atom. The first kappa shape index (κ1) is 18.1. The summed E-state index contributed by atoms with van der Waals surface area (Å²) in [6, 6.07) is 0. The molecule has 2 unspecified atom stereocenters. The molecule has 0 aromatic heterocycles. The number of rotatable bonds is 4. The first-order chi connectivity index (χ1) is 7.70. The van der Waals surface area contributed by atoms with Crippen molar-refractivity contribution < 1.29 is 44.6 Å². The first-order valence-electron chi connectivity index (χ1n) is 4.16. The molecule has 0 radical (unpaired) electrons. The number of alkyl halides is 10. The van der Waals surface area contributed by atoms with Gasteiger partial charge in [0.25, 0.3) is 5.67 Å². The molecule has 0 bridgehead atoms. The molecule has 0 rings (SSSR count). The molecule has 0 fully saturated rings. The molecule has 0 aliphatic heterocycles. The van der Waals surface area contributed by atoms with Crippen LogP contribution in [0.15, 0.2) is 0 Å². The zero-order chi connectivity index (χ0) is 15.0. The van der Waals surface area contributed by atoms with Crippen LogP contribution in [0.5, 0.6) is 0 Å². The summed E-state index contributed by atoms with van der Waals surface area (Å²) in [6.45, 7) is -1.17. The van der Waals surface area contributed by atoms with E-state index in [9.17, 15) is 39.5 Å². The Balaban J connectivity index is 5.64. The molecular weight excluding hydrogens is 398 g/mol. The van der Waals surface area contributed by atoms with Crippen LogP contribution in [-0.4, -0.2) is 39.6 Å². The van der Waals surface area contributed by atoms with Crippen molar-refractivity contribution in [1.29, 1.82) is 0 Å². The maximum Gasteiger partial charge on any atom is 0.457 e. The van der Waals surface area contributed by atoms with Crippen molar-refractivity contribution in [2.24, 2.45) is 0 Å². The third-order valence-electron chi connectivity index (χ3n) is 2.00. The first-order valence-corrected chi connectivity index (χ1v) is 5.40. The van der Waals surface area contributed by atoms with Gasteiger partial charge < -0.3 is 5.11 Å². The molecule has 0 aromatic rings. The second-order valence-corrected chi connectivity index (χ2v) is 5.12. The molecule has 0 saturated carbocycles. The highest BCUT2D eigenvalue weighted by molar-refractivity contribution is 14.1. The standard InChI is InChI=1S/C7H6F9IO/c8-4(6(11,12)13,1-3(17)2-18)5(9,10)7(14,15)16/h3,18H,1-2H2. The fourth-order valence-corrected chi connectivity index (χ4v) is 1.62. The van der Waals surface area contributed by atoms with E-state index in [-0.39, 0.29) is 0 Å². The van der Waals surface area contributed by atoms with Gasteiger partial charge in [-0.2, -0.15) is 35.1 Å². The monoisotopic (exact) mass is 404 g/mol. The molecule has 0 amide bonds. The Bertz CT molecular complexity index is 286. The average Bonchev–Trinajstić information content (AvgIpc) is 2.13. The predicted molar refractivity (Wildman–Crippen MR) is 50.4 cm³/mol. The maximum absolute atomic E-state index is 13.3. The summed E-state index contributed by atoms with van der Waals surface area (Å²) in [5.74, 6) is -6.60. The van der Waals surface area contributed by atoms with Gasteiger partial charge in [-0.1, -0.05) is 22.6 Å². The van der Waals surface area contributed by atoms with E-state index in [1.54, 1.807) is 0 Å². The smallest absolute Gasteiger partial charge is 0.395 e. The number of hydrogen-bond donors (Lipinski definition) is 1. The van der Waals surface area contributed by atoms with Gasteiger partial charge in [-0.05, 0) is 0 Å². The minimum atomic E-state index is -6.69. The van der Waals surface area contributed by atoms with E-state index < -0.39 is 40.9 Å². The Kier molecular flexibility index (Phi) is 5.23. The highest BCUT2D eigenvalue weighted by atomic mass is 127. The molecule has 18 heavy (non-hydrogen) atoms. The van der Waals surface area contributed by atoms with Crippen molar-refractivity contribution in [3.05, 3.63) is 0 Å². The van der Waals surface area contributed by atoms with Gasteiger partial charge in [-0.3, -0.25) is 0 Å². The van der Waals surface area contributed by atoms with Gasteiger partial charge in [0.05, 0.1) is 6.61 Å². The van der Waals surface area contributed by atoms with E-state index >= 15 is 0 Å². The fraction of sp³-hybridized carbons (Fsp3) is 1.00. The highest BCUT2D eigenvalue weighted by Gasteiger charge is 2.80. The van der Waals surface area contributed by atoms with Crippen LogP contribution in [0.2, 0.25) is 0 Å². The molecule has 0 aliphatic rings. The van der Waals surface area contributed by atoms with E-state index in [0.29, 0.717) is 0 Å². The van der Waals surface area contributed by atoms with Crippen LogP contribution >= 0.6 is 22.6 Å². The molecule has 1 N–H and O–H groups in total. The minimum absolute atomic E-state index is 0.948. The lowest BCUT2D eigenvalue weighted by Crippen LogP contribution is -2.63. The summed E-state index contributed by atoms with van der Waals surface area (Å²) >= 11 is 0.948. The third-order valence-corrected chi connectivity index (χ3v) is 2.84. The highest BCUT2D eigenvalue weighted by Crippen LogP contribution is 2.55. The summed E-state index contributed by atoms with van der Waals surface area (Å²) in [6.07, 6.45) is -15.3. The predicted octanol–water partition coefficient (Wildman–Crippen LogP) is 3.64. The molecule has 1 nitrogen and oxygen atoms in total. The van der Waals surface area contributed by atoms with Gasteiger partial charge in [0.2, 0.25) is 0 Å². The minimum Gasteiger partial charge on any atom is -0.395 e. The summed E-state index contributed by atoms with van der Waals surface area (Å²) < 4.78 is 109. The van der Waals surface area contributed by atoms with Crippen LogP contribution in [0.1, 0.15) is 6.42 Å². The lowest BCUT2D eigenvalue weighted by molar-refractivity contribution is -0.384. The fourth-order valence-electron chi connectivity index (χ4n) is 1.02. The van der Waals surface area contributed by atoms with Gasteiger partial charge in [-0.25, -0.2) is 4.39 Å². The van der Waals surface area contributed by atoms with Crippen molar-refractivity contribution in [1.82, 2.24) is 0 Å². The second-order valence-electron chi connectivity index (χ2n) is 3.36. The van der Waals surface area contributed by atoms with Gasteiger partial charge in [0, 0.05) is 10.3 Å². The van der Waals surface area contributed by atoms with Crippen LogP contribution in [0.4, 0.5) is 39.5 Å². The van der Waals surface area contributed by atoms with Gasteiger partial charge in [0.15, 0.2) is 0 Å². The summed E-state index contributed by atoms with van der Waals surface area (Å²) in [5, 5.41) is 8.36. The van der Waals surface area contributed by atoms with E-state index in [1.807, 2.05) is 0 Å². The van der Waals surface area contributed by atoms with Crippen molar-refractivity contribution in [3.8, 4) is 0 Å². The van der Waals surface area contributed by atoms with Crippen LogP contribution in [-0.2, 0) is 0 Å². The summed E-state index contributed by atoms with van der Waals surface area (Å²) in [7, 11) is 0. The molecule has 0 aromatic carbocycles. The van der Waals surface area contributed by atoms with Gasteiger partial charge >= 0.3 is 18.3 Å². The largest absolute Gasteiger partial charge is 0.457 e. The zero-order valence-corrected chi connectivity index (χ0v) is 10.4. The van der Waals surface area contributed by atoms with Crippen molar-refractivity contribution >= 4 is 22.6 Å². The Hall–Kier alpha value is 0.0600. The molecule has 0 aliphatic carbocycles. The number of halogens is 10. The maximum atomic E-state index is 13.3. The van der Waals surface area contributed by atoms with Crippen molar-refractivity contribution in [2.45, 2.75) is 34.3 Å². The van der Waals surface area contributed by atoms with E-state index in [4.69, 9.17) is 5.11 Å². The quantitative estimate of drug-likeness (QED) is 0.431. The molecule has 0 heterocycles. The molecule has 11 heteroatoms. The molecule has 0 saturated heterocycles. The number of aliphatic hydroxyl groups excluding tert-OH is 1. The van der Waals surface area contributed by atoms with Gasteiger partial charge in [-0.15, -0.1) is 0 Å².